The summed E-state index contributed by atoms with van der Waals surface area (Å²) in [6, 6.07) is 9.43. The van der Waals surface area contributed by atoms with Crippen LogP contribution in [0.1, 0.15) is 31.7 Å². The second-order valence-corrected chi connectivity index (χ2v) is 9.15. The Morgan fingerprint density at radius 1 is 1.28 bits per heavy atom. The van der Waals surface area contributed by atoms with Crippen molar-refractivity contribution in [1.82, 2.24) is 13.5 Å². The molecule has 2 heterocycles. The highest BCUT2D eigenvalue weighted by atomic mass is 32.2. The molecule has 1 aliphatic rings. The summed E-state index contributed by atoms with van der Waals surface area (Å²) in [6.07, 6.45) is 5.76. The topological polar surface area (TPSA) is 114 Å². The van der Waals surface area contributed by atoms with Gasteiger partial charge in [-0.2, -0.15) is 0 Å². The van der Waals surface area contributed by atoms with Crippen LogP contribution >= 0.6 is 0 Å². The Hall–Kier alpha value is -2.58. The molecule has 0 saturated heterocycles. The van der Waals surface area contributed by atoms with Crippen LogP contribution in [0.3, 0.4) is 0 Å². The quantitative estimate of drug-likeness (QED) is 0.454. The lowest BCUT2D eigenvalue weighted by Crippen LogP contribution is -2.34. The zero-order chi connectivity index (χ0) is 20.7. The Morgan fingerprint density at radius 3 is 2.69 bits per heavy atom. The van der Waals surface area contributed by atoms with Crippen LogP contribution in [0.15, 0.2) is 47.6 Å². The molecule has 1 aliphatic carbocycles. The van der Waals surface area contributed by atoms with Crippen molar-refractivity contribution < 1.29 is 4.21 Å². The van der Waals surface area contributed by atoms with Crippen molar-refractivity contribution in [2.45, 2.75) is 44.0 Å². The largest absolute Gasteiger partial charge is 0.328 e. The van der Waals surface area contributed by atoms with Crippen molar-refractivity contribution in [3.05, 3.63) is 53.8 Å². The standard InChI is InChI=1S/C21H26N6OS/c1-3-14-10-15(22)11-17(14)20(24)27-18-8-9-26(21(18)25-12-19(27)23)29(28)16-6-4-13(2)5-7-16/h4-9,12,14-15,17,23-24H,3,10-11,22H2,1-2H3. The van der Waals surface area contributed by atoms with Gasteiger partial charge in [-0.1, -0.05) is 31.0 Å². The number of aryl methyl sites for hydroxylation is 1. The van der Waals surface area contributed by atoms with E-state index in [4.69, 9.17) is 16.6 Å². The first-order valence-electron chi connectivity index (χ1n) is 9.87. The molecular formula is C21H26N6OS. The molecule has 3 aromatic rings. The van der Waals surface area contributed by atoms with Crippen LogP contribution in [0.25, 0.3) is 11.2 Å². The summed E-state index contributed by atoms with van der Waals surface area (Å²) >= 11 is 0. The van der Waals surface area contributed by atoms with E-state index in [0.717, 1.165) is 24.8 Å². The molecule has 1 fully saturated rings. The van der Waals surface area contributed by atoms with E-state index in [1.54, 1.807) is 20.8 Å². The average molecular weight is 411 g/mol. The molecule has 0 aliphatic heterocycles. The highest BCUT2D eigenvalue weighted by Gasteiger charge is 2.35. The van der Waals surface area contributed by atoms with Crippen LogP contribution < -0.4 is 11.2 Å². The number of hydrogen-bond acceptors (Lipinski definition) is 5. The zero-order valence-electron chi connectivity index (χ0n) is 16.6. The van der Waals surface area contributed by atoms with Gasteiger partial charge in [0.05, 0.1) is 16.6 Å². The highest BCUT2D eigenvalue weighted by molar-refractivity contribution is 7.83. The van der Waals surface area contributed by atoms with E-state index in [9.17, 15) is 4.21 Å². The van der Waals surface area contributed by atoms with Crippen LogP contribution in [0.2, 0.25) is 0 Å². The van der Waals surface area contributed by atoms with Gasteiger partial charge in [0.1, 0.15) is 11.3 Å². The second kappa shape index (κ2) is 7.68. The molecule has 8 heteroatoms. The third-order valence-electron chi connectivity index (χ3n) is 5.85. The van der Waals surface area contributed by atoms with Gasteiger partial charge in [-0.05, 0) is 43.9 Å². The molecule has 7 nitrogen and oxygen atoms in total. The summed E-state index contributed by atoms with van der Waals surface area (Å²) in [5, 5.41) is 17.2. The number of benzene rings is 1. The van der Waals surface area contributed by atoms with Gasteiger partial charge in [-0.15, -0.1) is 0 Å². The third-order valence-corrected chi connectivity index (χ3v) is 7.17. The lowest BCUT2D eigenvalue weighted by molar-refractivity contribution is 0.455. The molecule has 4 atom stereocenters. The zero-order valence-corrected chi connectivity index (χ0v) is 17.4. The normalized spacial score (nSPS) is 22.8. The molecule has 4 rings (SSSR count). The molecule has 152 valence electrons. The van der Waals surface area contributed by atoms with Gasteiger partial charge in [0.15, 0.2) is 16.6 Å². The van der Waals surface area contributed by atoms with Crippen molar-refractivity contribution in [3.8, 4) is 0 Å². The number of hydrogen-bond donors (Lipinski definition) is 3. The molecule has 0 amide bonds. The van der Waals surface area contributed by atoms with Crippen LogP contribution in [0.5, 0.6) is 0 Å². The number of nitrogens with zero attached hydrogens (tertiary/aromatic N) is 3. The van der Waals surface area contributed by atoms with Gasteiger partial charge in [-0.3, -0.25) is 15.4 Å². The fourth-order valence-electron chi connectivity index (χ4n) is 4.29. The van der Waals surface area contributed by atoms with Crippen LogP contribution in [-0.4, -0.2) is 29.6 Å². The first-order valence-corrected chi connectivity index (χ1v) is 11.0. The Bertz CT molecular complexity index is 1150. The Kier molecular flexibility index (Phi) is 5.23. The van der Waals surface area contributed by atoms with E-state index in [0.29, 0.717) is 27.8 Å². The van der Waals surface area contributed by atoms with E-state index >= 15 is 0 Å². The Morgan fingerprint density at radius 2 is 2.00 bits per heavy atom. The van der Waals surface area contributed by atoms with E-state index in [-0.39, 0.29) is 17.4 Å². The minimum absolute atomic E-state index is 0.0145. The second-order valence-electron chi connectivity index (χ2n) is 7.78. The number of fused-ring (bicyclic) bond motifs is 1. The average Bonchev–Trinajstić information content (AvgIpc) is 3.30. The Balaban J connectivity index is 1.78. The van der Waals surface area contributed by atoms with E-state index in [1.807, 2.05) is 31.2 Å². The highest BCUT2D eigenvalue weighted by Crippen LogP contribution is 2.34. The fourth-order valence-corrected chi connectivity index (χ4v) is 5.35. The maximum Gasteiger partial charge on any atom is 0.169 e. The SMILES string of the molecule is CCC1CC(N)CC1C(=N)n1c(=N)cnc2c1ccn2S(=O)c1ccc(C)cc1. The van der Waals surface area contributed by atoms with Gasteiger partial charge < -0.3 is 5.73 Å². The van der Waals surface area contributed by atoms with Gasteiger partial charge in [-0.25, -0.2) is 13.2 Å². The van der Waals surface area contributed by atoms with Gasteiger partial charge in [0.2, 0.25) is 0 Å². The monoisotopic (exact) mass is 410 g/mol. The first-order chi connectivity index (χ1) is 13.9. The van der Waals surface area contributed by atoms with E-state index in [2.05, 4.69) is 11.9 Å². The van der Waals surface area contributed by atoms with Crippen LogP contribution in [0.4, 0.5) is 0 Å². The van der Waals surface area contributed by atoms with Crippen molar-refractivity contribution in [1.29, 1.82) is 10.8 Å². The fraction of sp³-hybridized carbons (Fsp3) is 0.381. The number of nitrogens with two attached hydrogens (primary N) is 1. The summed E-state index contributed by atoms with van der Waals surface area (Å²) in [4.78, 5) is 5.05. The van der Waals surface area contributed by atoms with Crippen molar-refractivity contribution in [2.75, 3.05) is 0 Å². The minimum atomic E-state index is -1.45. The molecule has 4 N–H and O–H groups in total. The maximum absolute atomic E-state index is 13.1. The van der Waals surface area contributed by atoms with Gasteiger partial charge in [0.25, 0.3) is 0 Å². The summed E-state index contributed by atoms with van der Waals surface area (Å²) in [6.45, 7) is 4.11. The van der Waals surface area contributed by atoms with Crippen molar-refractivity contribution in [3.63, 3.8) is 0 Å². The summed E-state index contributed by atoms with van der Waals surface area (Å²) in [5.41, 5.74) is 8.54. The minimum Gasteiger partial charge on any atom is -0.328 e. The molecule has 0 radical (unpaired) electrons. The third kappa shape index (κ3) is 3.47. The molecule has 1 saturated carbocycles. The van der Waals surface area contributed by atoms with Gasteiger partial charge in [0, 0.05) is 18.2 Å². The Labute approximate surface area is 172 Å². The van der Waals surface area contributed by atoms with Crippen molar-refractivity contribution >= 4 is 28.0 Å². The van der Waals surface area contributed by atoms with E-state index in [1.165, 1.54) is 6.20 Å². The molecular weight excluding hydrogens is 384 g/mol. The summed E-state index contributed by atoms with van der Waals surface area (Å²) in [7, 11) is -1.45. The van der Waals surface area contributed by atoms with E-state index < -0.39 is 11.0 Å². The maximum atomic E-state index is 13.1. The predicted molar refractivity (Wildman–Crippen MR) is 114 cm³/mol. The molecule has 29 heavy (non-hydrogen) atoms. The summed E-state index contributed by atoms with van der Waals surface area (Å²) < 4.78 is 16.3. The molecule has 4 unspecified atom stereocenters. The van der Waals surface area contributed by atoms with Crippen molar-refractivity contribution in [2.24, 2.45) is 17.6 Å². The van der Waals surface area contributed by atoms with Gasteiger partial charge >= 0.3 is 0 Å². The lowest BCUT2D eigenvalue weighted by atomic mass is 9.92. The lowest BCUT2D eigenvalue weighted by Gasteiger charge is -2.21. The number of nitrogens with one attached hydrogen (secondary N) is 2. The molecule has 0 spiro atoms. The van der Waals surface area contributed by atoms with Crippen LogP contribution in [-0.2, 0) is 11.0 Å². The van der Waals surface area contributed by atoms with Crippen LogP contribution in [0, 0.1) is 29.6 Å². The first kappa shape index (κ1) is 19.7. The smallest absolute Gasteiger partial charge is 0.169 e. The number of aromatic nitrogens is 3. The molecule has 2 aromatic heterocycles. The summed E-state index contributed by atoms with van der Waals surface area (Å²) in [5.74, 6) is 0.734. The molecule has 0 bridgehead atoms. The molecule has 1 aromatic carbocycles. The predicted octanol–water partition coefficient (Wildman–Crippen LogP) is 2.79. The number of rotatable bonds is 4.